The van der Waals surface area contributed by atoms with Crippen LogP contribution in [-0.2, 0) is 9.09 Å². The molecule has 116 valence electrons. The highest BCUT2D eigenvalue weighted by molar-refractivity contribution is 7.61. The molecule has 0 unspecified atom stereocenters. The first kappa shape index (κ1) is 18.5. The van der Waals surface area contributed by atoms with Crippen LogP contribution >= 0.6 is 7.37 Å². The Balaban J connectivity index is 6.13. The molecule has 0 aromatic carbocycles. The second-order valence-corrected chi connectivity index (χ2v) is 5.53. The minimum absolute atomic E-state index is 0.533. The largest absolute Gasteiger partial charge is 0.463 e. The maximum absolute atomic E-state index is 12.7. The molecule has 0 fully saturated rings. The van der Waals surface area contributed by atoms with Crippen LogP contribution in [0, 0.1) is 0 Å². The second-order valence-electron chi connectivity index (χ2n) is 3.05. The smallest absolute Gasteiger partial charge is 0.320 e. The molecule has 0 rings (SSSR count). The fourth-order valence-electron chi connectivity index (χ4n) is 0.854. The second kappa shape index (κ2) is 4.80. The van der Waals surface area contributed by atoms with Gasteiger partial charge < -0.3 is 4.52 Å². The van der Waals surface area contributed by atoms with Crippen molar-refractivity contribution in [1.82, 2.24) is 0 Å². The summed E-state index contributed by atoms with van der Waals surface area (Å²) in [6, 6.07) is 0. The zero-order valence-corrected chi connectivity index (χ0v) is 9.64. The van der Waals surface area contributed by atoms with Gasteiger partial charge in [-0.25, -0.2) is 0 Å². The molecule has 0 saturated heterocycles. The standard InChI is InChI=1S/C6H5F10O2P/c1-2-18-19(17,5(13,14)3(7,8)9)6(15,16)4(10,11)12/h2H2,1H3. The first-order chi connectivity index (χ1) is 8.06. The number of halogens is 10. The molecule has 0 heterocycles. The van der Waals surface area contributed by atoms with Gasteiger partial charge in [0.1, 0.15) is 0 Å². The molecule has 13 heteroatoms. The van der Waals surface area contributed by atoms with E-state index in [1.165, 1.54) is 0 Å². The van der Waals surface area contributed by atoms with Gasteiger partial charge in [0, 0.05) is 0 Å². The summed E-state index contributed by atoms with van der Waals surface area (Å²) in [5.41, 5.74) is -13.7. The van der Waals surface area contributed by atoms with Gasteiger partial charge in [0.05, 0.1) is 6.61 Å². The highest BCUT2D eigenvalue weighted by Crippen LogP contribution is 2.77. The van der Waals surface area contributed by atoms with Crippen molar-refractivity contribution < 1.29 is 53.0 Å². The Bertz CT molecular complexity index is 339. The third kappa shape index (κ3) is 2.69. The van der Waals surface area contributed by atoms with Crippen LogP contribution in [0.2, 0.25) is 0 Å². The minimum Gasteiger partial charge on any atom is -0.320 e. The van der Waals surface area contributed by atoms with Gasteiger partial charge in [-0.15, -0.1) is 0 Å². The predicted octanol–water partition coefficient (Wildman–Crippen LogP) is 4.61. The van der Waals surface area contributed by atoms with Crippen LogP contribution in [0.25, 0.3) is 0 Å². The number of hydrogen-bond donors (Lipinski definition) is 0. The summed E-state index contributed by atoms with van der Waals surface area (Å²) in [6.07, 6.45) is -13.8. The third-order valence-electron chi connectivity index (χ3n) is 1.73. The van der Waals surface area contributed by atoms with Crippen LogP contribution < -0.4 is 0 Å². The van der Waals surface area contributed by atoms with E-state index in [1.54, 1.807) is 0 Å². The molecule has 0 aliphatic rings. The SMILES string of the molecule is CCOP(=O)(C(F)(F)C(F)(F)F)C(F)(F)C(F)(F)F. The fourth-order valence-corrected chi connectivity index (χ4v) is 2.56. The maximum atomic E-state index is 12.7. The van der Waals surface area contributed by atoms with Crippen LogP contribution in [0.3, 0.4) is 0 Å². The van der Waals surface area contributed by atoms with Crippen molar-refractivity contribution in [1.29, 1.82) is 0 Å². The summed E-state index contributed by atoms with van der Waals surface area (Å²) >= 11 is 0. The van der Waals surface area contributed by atoms with E-state index in [0.29, 0.717) is 6.92 Å². The van der Waals surface area contributed by atoms with Crippen molar-refractivity contribution in [3.8, 4) is 0 Å². The molecule has 0 bridgehead atoms. The highest BCUT2D eigenvalue weighted by Gasteiger charge is 2.84. The van der Waals surface area contributed by atoms with Crippen molar-refractivity contribution in [3.63, 3.8) is 0 Å². The lowest BCUT2D eigenvalue weighted by atomic mass is 10.7. The normalized spacial score (nSPS) is 15.7. The van der Waals surface area contributed by atoms with E-state index in [9.17, 15) is 48.5 Å². The Hall–Kier alpha value is -0.510. The molecule has 0 amide bonds. The van der Waals surface area contributed by atoms with E-state index < -0.39 is 37.7 Å². The van der Waals surface area contributed by atoms with Gasteiger partial charge in [-0.1, -0.05) is 0 Å². The Labute approximate surface area is 98.7 Å². The summed E-state index contributed by atoms with van der Waals surface area (Å²) in [7, 11) is -7.78. The molecule has 0 aliphatic heterocycles. The average molecular weight is 330 g/mol. The van der Waals surface area contributed by atoms with Gasteiger partial charge in [0.2, 0.25) is 0 Å². The van der Waals surface area contributed by atoms with E-state index in [0.717, 1.165) is 0 Å². The minimum atomic E-state index is -7.78. The molecular formula is C6H5F10O2P. The highest BCUT2D eigenvalue weighted by atomic mass is 31.2. The molecule has 0 aromatic heterocycles. The number of rotatable bonds is 4. The van der Waals surface area contributed by atoms with Gasteiger partial charge in [0.25, 0.3) is 0 Å². The monoisotopic (exact) mass is 330 g/mol. The van der Waals surface area contributed by atoms with Gasteiger partial charge >= 0.3 is 31.0 Å². The fraction of sp³-hybridized carbons (Fsp3) is 1.00. The van der Waals surface area contributed by atoms with Crippen molar-refractivity contribution in [3.05, 3.63) is 0 Å². The van der Waals surface area contributed by atoms with Gasteiger partial charge in [-0.2, -0.15) is 43.9 Å². The predicted molar refractivity (Wildman–Crippen MR) is 41.2 cm³/mol. The van der Waals surface area contributed by atoms with E-state index in [-0.39, 0.29) is 0 Å². The summed E-state index contributed by atoms with van der Waals surface area (Å²) in [6.45, 7) is -0.930. The molecule has 0 atom stereocenters. The maximum Gasteiger partial charge on any atom is 0.463 e. The summed E-state index contributed by atoms with van der Waals surface area (Å²) in [4.78, 5) is 0. The quantitative estimate of drug-likeness (QED) is 0.556. The molecule has 0 saturated carbocycles. The first-order valence-electron chi connectivity index (χ1n) is 4.20. The molecule has 0 radical (unpaired) electrons. The van der Waals surface area contributed by atoms with Crippen LogP contribution in [0.5, 0.6) is 0 Å². The van der Waals surface area contributed by atoms with E-state index in [1.807, 2.05) is 0 Å². The molecular weight excluding hydrogens is 325 g/mol. The lowest BCUT2D eigenvalue weighted by Gasteiger charge is -2.33. The Morgan fingerprint density at radius 1 is 0.789 bits per heavy atom. The Kier molecular flexibility index (Phi) is 4.67. The summed E-state index contributed by atoms with van der Waals surface area (Å²) in [5.74, 6) is 0. The summed E-state index contributed by atoms with van der Waals surface area (Å²) < 4.78 is 136. The average Bonchev–Trinajstić information content (AvgIpc) is 2.13. The van der Waals surface area contributed by atoms with Crippen molar-refractivity contribution in [2.75, 3.05) is 6.61 Å². The van der Waals surface area contributed by atoms with Gasteiger partial charge in [-0.05, 0) is 6.92 Å². The van der Waals surface area contributed by atoms with Crippen LogP contribution in [0.15, 0.2) is 0 Å². The number of hydrogen-bond acceptors (Lipinski definition) is 2. The van der Waals surface area contributed by atoms with E-state index >= 15 is 0 Å². The molecule has 2 nitrogen and oxygen atoms in total. The topological polar surface area (TPSA) is 26.3 Å². The summed E-state index contributed by atoms with van der Waals surface area (Å²) in [5, 5.41) is 0. The van der Waals surface area contributed by atoms with Crippen LogP contribution in [0.4, 0.5) is 43.9 Å². The first-order valence-corrected chi connectivity index (χ1v) is 5.82. The van der Waals surface area contributed by atoms with Crippen molar-refractivity contribution in [2.45, 2.75) is 30.6 Å². The lowest BCUT2D eigenvalue weighted by Crippen LogP contribution is -2.47. The zero-order chi connectivity index (χ0) is 15.9. The van der Waals surface area contributed by atoms with Gasteiger partial charge in [-0.3, -0.25) is 4.57 Å². The molecule has 19 heavy (non-hydrogen) atoms. The van der Waals surface area contributed by atoms with E-state index in [2.05, 4.69) is 4.52 Å². The molecule has 0 spiro atoms. The Morgan fingerprint density at radius 3 is 1.21 bits per heavy atom. The lowest BCUT2D eigenvalue weighted by molar-refractivity contribution is -0.272. The van der Waals surface area contributed by atoms with Gasteiger partial charge in [0.15, 0.2) is 0 Å². The van der Waals surface area contributed by atoms with Crippen molar-refractivity contribution in [2.24, 2.45) is 0 Å². The molecule has 0 N–H and O–H groups in total. The van der Waals surface area contributed by atoms with Crippen LogP contribution in [-0.4, -0.2) is 30.3 Å². The number of alkyl halides is 10. The van der Waals surface area contributed by atoms with Crippen LogP contribution in [0.1, 0.15) is 6.92 Å². The molecule has 0 aromatic rings. The zero-order valence-electron chi connectivity index (χ0n) is 8.75. The Morgan fingerprint density at radius 2 is 1.05 bits per heavy atom. The molecule has 0 aliphatic carbocycles. The third-order valence-corrected chi connectivity index (χ3v) is 4.34. The van der Waals surface area contributed by atoms with E-state index in [4.69, 9.17) is 0 Å². The van der Waals surface area contributed by atoms with Crippen molar-refractivity contribution >= 4 is 7.37 Å².